The first kappa shape index (κ1) is 14.3. The van der Waals surface area contributed by atoms with Gasteiger partial charge in [-0.3, -0.25) is 4.68 Å². The summed E-state index contributed by atoms with van der Waals surface area (Å²) in [6, 6.07) is 0. The summed E-state index contributed by atoms with van der Waals surface area (Å²) in [7, 11) is 1.91. The molecule has 1 aliphatic rings. The van der Waals surface area contributed by atoms with Crippen molar-refractivity contribution >= 4 is 34.2 Å². The highest BCUT2D eigenvalue weighted by Gasteiger charge is 2.24. The molecule has 1 fully saturated rings. The maximum Gasteiger partial charge on any atom is 0.164 e. The summed E-state index contributed by atoms with van der Waals surface area (Å²) in [5.41, 5.74) is 3.01. The molecule has 0 radical (unpaired) electrons. The molecule has 0 amide bonds. The zero-order chi connectivity index (χ0) is 14.3. The molecule has 0 aliphatic heterocycles. The Morgan fingerprint density at radius 3 is 2.60 bits per heavy atom. The van der Waals surface area contributed by atoms with Gasteiger partial charge in [0.15, 0.2) is 5.82 Å². The standard InChI is InChI=1S/C14H16ClIN4/c1-8-10(7-20(2)19-8)14-17-12(9-5-3-4-6-9)11(16)13(15)18-14/h7,9H,3-6H2,1-2H3. The summed E-state index contributed by atoms with van der Waals surface area (Å²) in [5, 5.41) is 4.91. The summed E-state index contributed by atoms with van der Waals surface area (Å²) in [6.07, 6.45) is 6.92. The van der Waals surface area contributed by atoms with E-state index in [-0.39, 0.29) is 0 Å². The lowest BCUT2D eigenvalue weighted by molar-refractivity contribution is 0.690. The molecule has 106 valence electrons. The van der Waals surface area contributed by atoms with Crippen LogP contribution in [0.1, 0.15) is 43.0 Å². The van der Waals surface area contributed by atoms with Crippen LogP contribution in [0.3, 0.4) is 0 Å². The van der Waals surface area contributed by atoms with E-state index in [1.165, 1.54) is 25.7 Å². The second kappa shape index (κ2) is 5.60. The number of halogens is 2. The predicted molar refractivity (Wildman–Crippen MR) is 87.9 cm³/mol. The van der Waals surface area contributed by atoms with Crippen LogP contribution in [0.25, 0.3) is 11.4 Å². The van der Waals surface area contributed by atoms with Crippen molar-refractivity contribution in [3.05, 3.63) is 26.3 Å². The van der Waals surface area contributed by atoms with Gasteiger partial charge in [0.1, 0.15) is 5.15 Å². The van der Waals surface area contributed by atoms with Crippen molar-refractivity contribution in [2.75, 3.05) is 0 Å². The number of nitrogens with zero attached hydrogens (tertiary/aromatic N) is 4. The van der Waals surface area contributed by atoms with E-state index < -0.39 is 0 Å². The molecule has 0 N–H and O–H groups in total. The van der Waals surface area contributed by atoms with E-state index in [9.17, 15) is 0 Å². The molecule has 1 saturated carbocycles. The monoisotopic (exact) mass is 402 g/mol. The highest BCUT2D eigenvalue weighted by molar-refractivity contribution is 14.1. The second-order valence-corrected chi connectivity index (χ2v) is 6.76. The first-order valence-corrected chi connectivity index (χ1v) is 8.25. The smallest absolute Gasteiger partial charge is 0.164 e. The van der Waals surface area contributed by atoms with Crippen LogP contribution in [-0.2, 0) is 7.05 Å². The maximum atomic E-state index is 6.32. The molecule has 0 unspecified atom stereocenters. The molecule has 1 aliphatic carbocycles. The van der Waals surface area contributed by atoms with E-state index in [1.54, 1.807) is 4.68 Å². The van der Waals surface area contributed by atoms with E-state index in [0.717, 1.165) is 20.5 Å². The Morgan fingerprint density at radius 2 is 2.00 bits per heavy atom. The molecule has 0 bridgehead atoms. The topological polar surface area (TPSA) is 43.6 Å². The van der Waals surface area contributed by atoms with Gasteiger partial charge in [-0.05, 0) is 42.4 Å². The third-order valence-corrected chi connectivity index (χ3v) is 5.49. The second-order valence-electron chi connectivity index (χ2n) is 5.32. The first-order chi connectivity index (χ1) is 9.56. The average molecular weight is 403 g/mol. The molecule has 20 heavy (non-hydrogen) atoms. The van der Waals surface area contributed by atoms with Crippen LogP contribution in [0.2, 0.25) is 5.15 Å². The summed E-state index contributed by atoms with van der Waals surface area (Å²) in [6.45, 7) is 1.97. The summed E-state index contributed by atoms with van der Waals surface area (Å²) in [4.78, 5) is 9.25. The number of aryl methyl sites for hydroxylation is 2. The fraction of sp³-hybridized carbons (Fsp3) is 0.500. The SMILES string of the molecule is Cc1nn(C)cc1-c1nc(Cl)c(I)c(C2CCCC2)n1. The van der Waals surface area contributed by atoms with Gasteiger partial charge < -0.3 is 0 Å². The van der Waals surface area contributed by atoms with Crippen LogP contribution in [0.15, 0.2) is 6.20 Å². The molecule has 2 aromatic rings. The normalized spacial score (nSPS) is 16.0. The Balaban J connectivity index is 2.10. The molecule has 6 heteroatoms. The lowest BCUT2D eigenvalue weighted by atomic mass is 10.0. The lowest BCUT2D eigenvalue weighted by Crippen LogP contribution is -2.04. The molecule has 0 aromatic carbocycles. The van der Waals surface area contributed by atoms with Crippen LogP contribution < -0.4 is 0 Å². The summed E-state index contributed by atoms with van der Waals surface area (Å²) >= 11 is 8.59. The van der Waals surface area contributed by atoms with E-state index in [1.807, 2.05) is 20.2 Å². The van der Waals surface area contributed by atoms with Gasteiger partial charge in [-0.2, -0.15) is 5.10 Å². The van der Waals surface area contributed by atoms with Crippen LogP contribution in [-0.4, -0.2) is 19.7 Å². The van der Waals surface area contributed by atoms with Crippen molar-refractivity contribution in [1.29, 1.82) is 0 Å². The fourth-order valence-electron chi connectivity index (χ4n) is 2.85. The zero-order valence-corrected chi connectivity index (χ0v) is 14.4. The van der Waals surface area contributed by atoms with E-state index in [0.29, 0.717) is 16.9 Å². The highest BCUT2D eigenvalue weighted by Crippen LogP contribution is 2.37. The Morgan fingerprint density at radius 1 is 1.30 bits per heavy atom. The Bertz CT molecular complexity index is 647. The molecular formula is C14H16ClIN4. The quantitative estimate of drug-likeness (QED) is 0.561. The van der Waals surface area contributed by atoms with Gasteiger partial charge in [0.2, 0.25) is 0 Å². The summed E-state index contributed by atoms with van der Waals surface area (Å²) in [5.74, 6) is 1.22. The Labute approximate surface area is 137 Å². The van der Waals surface area contributed by atoms with E-state index >= 15 is 0 Å². The highest BCUT2D eigenvalue weighted by atomic mass is 127. The average Bonchev–Trinajstić information content (AvgIpc) is 3.02. The van der Waals surface area contributed by atoms with Gasteiger partial charge in [-0.15, -0.1) is 0 Å². The zero-order valence-electron chi connectivity index (χ0n) is 11.5. The van der Waals surface area contributed by atoms with Crippen LogP contribution in [0.5, 0.6) is 0 Å². The Hall–Kier alpha value is -0.690. The Kier molecular flexibility index (Phi) is 3.99. The number of hydrogen-bond donors (Lipinski definition) is 0. The predicted octanol–water partition coefficient (Wildman–Crippen LogP) is 4.10. The van der Waals surface area contributed by atoms with Gasteiger partial charge in [0, 0.05) is 19.2 Å². The van der Waals surface area contributed by atoms with Crippen molar-refractivity contribution < 1.29 is 0 Å². The third kappa shape index (κ3) is 2.57. The van der Waals surface area contributed by atoms with Crippen molar-refractivity contribution in [3.63, 3.8) is 0 Å². The van der Waals surface area contributed by atoms with Crippen LogP contribution in [0.4, 0.5) is 0 Å². The number of hydrogen-bond acceptors (Lipinski definition) is 3. The molecule has 0 saturated heterocycles. The van der Waals surface area contributed by atoms with Crippen molar-refractivity contribution in [2.45, 2.75) is 38.5 Å². The van der Waals surface area contributed by atoms with Gasteiger partial charge in [-0.1, -0.05) is 24.4 Å². The van der Waals surface area contributed by atoms with Gasteiger partial charge in [-0.25, -0.2) is 9.97 Å². The van der Waals surface area contributed by atoms with Gasteiger partial charge >= 0.3 is 0 Å². The minimum atomic E-state index is 0.526. The largest absolute Gasteiger partial charge is 0.275 e. The molecule has 4 nitrogen and oxygen atoms in total. The molecular weight excluding hydrogens is 387 g/mol. The van der Waals surface area contributed by atoms with E-state index in [2.05, 4.69) is 32.7 Å². The lowest BCUT2D eigenvalue weighted by Gasteiger charge is -2.13. The molecule has 0 spiro atoms. The minimum absolute atomic E-state index is 0.526. The van der Waals surface area contributed by atoms with Crippen LogP contribution in [0, 0.1) is 10.5 Å². The van der Waals surface area contributed by atoms with Gasteiger partial charge in [0.25, 0.3) is 0 Å². The molecule has 2 heterocycles. The molecule has 3 rings (SSSR count). The third-order valence-electron chi connectivity index (χ3n) is 3.83. The fourth-order valence-corrected chi connectivity index (χ4v) is 3.70. The number of rotatable bonds is 2. The number of aromatic nitrogens is 4. The molecule has 2 aromatic heterocycles. The molecule has 0 atom stereocenters. The minimum Gasteiger partial charge on any atom is -0.275 e. The maximum absolute atomic E-state index is 6.32. The van der Waals surface area contributed by atoms with E-state index in [4.69, 9.17) is 16.6 Å². The van der Waals surface area contributed by atoms with Crippen molar-refractivity contribution in [1.82, 2.24) is 19.7 Å². The van der Waals surface area contributed by atoms with Crippen molar-refractivity contribution in [2.24, 2.45) is 7.05 Å². The van der Waals surface area contributed by atoms with Crippen molar-refractivity contribution in [3.8, 4) is 11.4 Å². The van der Waals surface area contributed by atoms with Crippen LogP contribution >= 0.6 is 34.2 Å². The first-order valence-electron chi connectivity index (χ1n) is 6.80. The summed E-state index contributed by atoms with van der Waals surface area (Å²) < 4.78 is 2.79. The van der Waals surface area contributed by atoms with Gasteiger partial charge in [0.05, 0.1) is 20.5 Å².